The minimum Gasteiger partial charge on any atom is -0.394 e. The molecule has 1 unspecified atom stereocenters. The summed E-state index contributed by atoms with van der Waals surface area (Å²) in [5.41, 5.74) is 2.52. The monoisotopic (exact) mass is 324 g/mol. The molecular weight excluding hydrogens is 304 g/mol. The van der Waals surface area contributed by atoms with Gasteiger partial charge in [-0.15, -0.1) is 0 Å². The van der Waals surface area contributed by atoms with Crippen LogP contribution in [-0.2, 0) is 17.6 Å². The SMILES string of the molecule is O=C1NC(C(=O)N[C@H](CO)Cc2ccccc2)Cc2ccccc21. The molecule has 5 nitrogen and oxygen atoms in total. The lowest BCUT2D eigenvalue weighted by Gasteiger charge is -2.26. The van der Waals surface area contributed by atoms with E-state index in [2.05, 4.69) is 10.6 Å². The second kappa shape index (κ2) is 7.27. The van der Waals surface area contributed by atoms with Crippen molar-refractivity contribution in [3.8, 4) is 0 Å². The van der Waals surface area contributed by atoms with E-state index >= 15 is 0 Å². The zero-order chi connectivity index (χ0) is 16.9. The van der Waals surface area contributed by atoms with Crippen LogP contribution in [0.15, 0.2) is 54.6 Å². The van der Waals surface area contributed by atoms with E-state index in [0.717, 1.165) is 11.1 Å². The number of nitrogens with one attached hydrogen (secondary N) is 2. The highest BCUT2D eigenvalue weighted by atomic mass is 16.3. The number of carbonyl (C=O) groups is 2. The molecule has 1 heterocycles. The fourth-order valence-corrected chi connectivity index (χ4v) is 2.95. The van der Waals surface area contributed by atoms with Gasteiger partial charge in [-0.25, -0.2) is 0 Å². The molecule has 2 amide bonds. The molecule has 0 spiro atoms. The molecule has 0 aromatic heterocycles. The molecule has 124 valence electrons. The van der Waals surface area contributed by atoms with Crippen LogP contribution in [-0.4, -0.2) is 35.6 Å². The molecule has 1 aliphatic heterocycles. The van der Waals surface area contributed by atoms with Crippen LogP contribution in [0.3, 0.4) is 0 Å². The first-order chi connectivity index (χ1) is 11.7. The summed E-state index contributed by atoms with van der Waals surface area (Å²) >= 11 is 0. The Kier molecular flexibility index (Phi) is 4.91. The summed E-state index contributed by atoms with van der Waals surface area (Å²) in [6.45, 7) is -0.155. The fraction of sp³-hybridized carbons (Fsp3) is 0.263. The van der Waals surface area contributed by atoms with Crippen LogP contribution in [0.1, 0.15) is 21.5 Å². The number of benzene rings is 2. The van der Waals surface area contributed by atoms with Crippen molar-refractivity contribution in [2.75, 3.05) is 6.61 Å². The Labute approximate surface area is 140 Å². The molecule has 24 heavy (non-hydrogen) atoms. The Morgan fingerprint density at radius 3 is 2.62 bits per heavy atom. The molecule has 0 radical (unpaired) electrons. The molecular formula is C19H20N2O3. The van der Waals surface area contributed by atoms with Gasteiger partial charge in [-0.1, -0.05) is 48.5 Å². The van der Waals surface area contributed by atoms with Crippen molar-refractivity contribution in [3.05, 3.63) is 71.3 Å². The van der Waals surface area contributed by atoms with Gasteiger partial charge in [0, 0.05) is 12.0 Å². The minimum absolute atomic E-state index is 0.155. The van der Waals surface area contributed by atoms with E-state index in [9.17, 15) is 14.7 Å². The van der Waals surface area contributed by atoms with Crippen molar-refractivity contribution in [1.82, 2.24) is 10.6 Å². The molecule has 3 N–H and O–H groups in total. The summed E-state index contributed by atoms with van der Waals surface area (Å²) in [5.74, 6) is -0.506. The maximum absolute atomic E-state index is 12.5. The third kappa shape index (κ3) is 3.63. The highest BCUT2D eigenvalue weighted by Gasteiger charge is 2.29. The largest absolute Gasteiger partial charge is 0.394 e. The molecule has 0 fully saturated rings. The van der Waals surface area contributed by atoms with E-state index < -0.39 is 6.04 Å². The number of hydrogen-bond donors (Lipinski definition) is 3. The van der Waals surface area contributed by atoms with Gasteiger partial charge in [0.2, 0.25) is 5.91 Å². The van der Waals surface area contributed by atoms with Gasteiger partial charge in [-0.2, -0.15) is 0 Å². The standard InChI is InChI=1S/C19H20N2O3/c22-12-15(10-13-6-2-1-3-7-13)20-19(24)17-11-14-8-4-5-9-16(14)18(23)21-17/h1-9,15,17,22H,10-12H2,(H,20,24)(H,21,23)/t15-,17?/m0/s1. The zero-order valence-electron chi connectivity index (χ0n) is 13.2. The Bertz CT molecular complexity index is 730. The van der Waals surface area contributed by atoms with E-state index in [1.807, 2.05) is 42.5 Å². The van der Waals surface area contributed by atoms with Crippen molar-refractivity contribution in [2.24, 2.45) is 0 Å². The van der Waals surface area contributed by atoms with E-state index in [1.54, 1.807) is 12.1 Å². The molecule has 3 rings (SSSR count). The second-order valence-electron chi connectivity index (χ2n) is 5.97. The minimum atomic E-state index is -0.614. The molecule has 0 bridgehead atoms. The first kappa shape index (κ1) is 16.2. The number of amides is 2. The van der Waals surface area contributed by atoms with E-state index in [1.165, 1.54) is 0 Å². The van der Waals surface area contributed by atoms with Gasteiger partial charge in [-0.05, 0) is 23.6 Å². The van der Waals surface area contributed by atoms with Crippen molar-refractivity contribution >= 4 is 11.8 Å². The zero-order valence-corrected chi connectivity index (χ0v) is 13.2. The predicted octanol–water partition coefficient (Wildman–Crippen LogP) is 1.06. The molecule has 2 atom stereocenters. The summed E-state index contributed by atoms with van der Waals surface area (Å²) in [7, 11) is 0. The number of aliphatic hydroxyl groups is 1. The van der Waals surface area contributed by atoms with Gasteiger partial charge in [0.05, 0.1) is 12.6 Å². The van der Waals surface area contributed by atoms with Crippen LogP contribution in [0.4, 0.5) is 0 Å². The maximum Gasteiger partial charge on any atom is 0.252 e. The summed E-state index contributed by atoms with van der Waals surface area (Å²) in [5, 5.41) is 15.1. The highest BCUT2D eigenvalue weighted by molar-refractivity contribution is 6.00. The number of hydrogen-bond acceptors (Lipinski definition) is 3. The Hall–Kier alpha value is -2.66. The Morgan fingerprint density at radius 2 is 1.88 bits per heavy atom. The predicted molar refractivity (Wildman–Crippen MR) is 90.6 cm³/mol. The molecule has 0 saturated carbocycles. The molecule has 2 aromatic carbocycles. The third-order valence-electron chi connectivity index (χ3n) is 4.20. The lowest BCUT2D eigenvalue weighted by Crippen LogP contribution is -2.54. The van der Waals surface area contributed by atoms with Gasteiger partial charge in [-0.3, -0.25) is 9.59 Å². The van der Waals surface area contributed by atoms with Crippen molar-refractivity contribution in [2.45, 2.75) is 24.9 Å². The van der Waals surface area contributed by atoms with Crippen LogP contribution < -0.4 is 10.6 Å². The molecule has 2 aromatic rings. The summed E-state index contributed by atoms with van der Waals surface area (Å²) < 4.78 is 0. The van der Waals surface area contributed by atoms with Crippen LogP contribution in [0.5, 0.6) is 0 Å². The normalized spacial score (nSPS) is 17.5. The average molecular weight is 324 g/mol. The molecule has 1 aliphatic rings. The van der Waals surface area contributed by atoms with Crippen LogP contribution in [0, 0.1) is 0 Å². The van der Waals surface area contributed by atoms with Gasteiger partial charge in [0.25, 0.3) is 5.91 Å². The number of rotatable bonds is 5. The van der Waals surface area contributed by atoms with Crippen LogP contribution >= 0.6 is 0 Å². The van der Waals surface area contributed by atoms with Crippen LogP contribution in [0.2, 0.25) is 0 Å². The second-order valence-corrected chi connectivity index (χ2v) is 5.97. The highest BCUT2D eigenvalue weighted by Crippen LogP contribution is 2.16. The number of aliphatic hydroxyl groups excluding tert-OH is 1. The molecule has 5 heteroatoms. The number of carbonyl (C=O) groups excluding carboxylic acids is 2. The van der Waals surface area contributed by atoms with Crippen molar-refractivity contribution in [3.63, 3.8) is 0 Å². The van der Waals surface area contributed by atoms with E-state index in [4.69, 9.17) is 0 Å². The summed E-state index contributed by atoms with van der Waals surface area (Å²) in [6, 6.07) is 16.0. The van der Waals surface area contributed by atoms with Gasteiger partial charge in [0.15, 0.2) is 0 Å². The van der Waals surface area contributed by atoms with Gasteiger partial charge < -0.3 is 15.7 Å². The lowest BCUT2D eigenvalue weighted by atomic mass is 9.94. The first-order valence-corrected chi connectivity index (χ1v) is 8.01. The summed E-state index contributed by atoms with van der Waals surface area (Å²) in [4.78, 5) is 24.6. The van der Waals surface area contributed by atoms with Crippen LogP contribution in [0.25, 0.3) is 0 Å². The quantitative estimate of drug-likeness (QED) is 0.769. The van der Waals surface area contributed by atoms with E-state index in [0.29, 0.717) is 18.4 Å². The smallest absolute Gasteiger partial charge is 0.252 e. The Morgan fingerprint density at radius 1 is 1.17 bits per heavy atom. The first-order valence-electron chi connectivity index (χ1n) is 8.01. The van der Waals surface area contributed by atoms with Gasteiger partial charge in [0.1, 0.15) is 6.04 Å². The van der Waals surface area contributed by atoms with Crippen molar-refractivity contribution in [1.29, 1.82) is 0 Å². The fourth-order valence-electron chi connectivity index (χ4n) is 2.95. The maximum atomic E-state index is 12.5. The average Bonchev–Trinajstić information content (AvgIpc) is 2.62. The molecule has 0 aliphatic carbocycles. The summed E-state index contributed by atoms with van der Waals surface area (Å²) in [6.07, 6.45) is 0.998. The number of fused-ring (bicyclic) bond motifs is 1. The topological polar surface area (TPSA) is 78.4 Å². The van der Waals surface area contributed by atoms with E-state index in [-0.39, 0.29) is 24.5 Å². The molecule has 0 saturated heterocycles. The van der Waals surface area contributed by atoms with Crippen molar-refractivity contribution < 1.29 is 14.7 Å². The lowest BCUT2D eigenvalue weighted by molar-refractivity contribution is -0.124. The third-order valence-corrected chi connectivity index (χ3v) is 4.20. The van der Waals surface area contributed by atoms with Gasteiger partial charge >= 0.3 is 0 Å². The Balaban J connectivity index is 1.65.